The number of anilines is 2. The van der Waals surface area contributed by atoms with Gasteiger partial charge in [-0.05, 0) is 24.3 Å². The molecule has 0 aromatic heterocycles. The smallest absolute Gasteiger partial charge is 0.208 e. The van der Waals surface area contributed by atoms with Crippen molar-refractivity contribution in [3.05, 3.63) is 24.3 Å². The van der Waals surface area contributed by atoms with Crippen LogP contribution in [0.25, 0.3) is 0 Å². The highest BCUT2D eigenvalue weighted by Crippen LogP contribution is 2.15. The predicted octanol–water partition coefficient (Wildman–Crippen LogP) is -0.383. The van der Waals surface area contributed by atoms with Crippen molar-refractivity contribution in [1.82, 2.24) is 4.72 Å². The highest BCUT2D eigenvalue weighted by Gasteiger charge is 2.07. The van der Waals surface area contributed by atoms with E-state index < -0.39 is 10.0 Å². The molecule has 18 heavy (non-hydrogen) atoms. The number of aliphatic hydroxyl groups excluding tert-OH is 1. The Kier molecular flexibility index (Phi) is 5.39. The van der Waals surface area contributed by atoms with Crippen molar-refractivity contribution in [1.29, 1.82) is 0 Å². The fraction of sp³-hybridized carbons (Fsp3) is 0.455. The summed E-state index contributed by atoms with van der Waals surface area (Å²) in [6.07, 6.45) is 1.12. The first-order valence-corrected chi connectivity index (χ1v) is 7.47. The minimum atomic E-state index is -3.18. The Morgan fingerprint density at radius 2 is 1.89 bits per heavy atom. The Labute approximate surface area is 107 Å². The molecule has 7 heteroatoms. The molecule has 0 spiro atoms. The summed E-state index contributed by atoms with van der Waals surface area (Å²) >= 11 is 0. The van der Waals surface area contributed by atoms with Crippen molar-refractivity contribution >= 4 is 21.4 Å². The molecule has 6 nitrogen and oxygen atoms in total. The van der Waals surface area contributed by atoms with Gasteiger partial charge in [-0.25, -0.2) is 13.1 Å². The average molecular weight is 273 g/mol. The number of benzene rings is 1. The molecule has 0 amide bonds. The molecule has 0 unspecified atom stereocenters. The predicted molar refractivity (Wildman–Crippen MR) is 73.0 cm³/mol. The second kappa shape index (κ2) is 6.58. The van der Waals surface area contributed by atoms with Crippen LogP contribution >= 0.6 is 0 Å². The van der Waals surface area contributed by atoms with E-state index in [9.17, 15) is 8.42 Å². The lowest BCUT2D eigenvalue weighted by Gasteiger charge is -2.24. The van der Waals surface area contributed by atoms with Crippen molar-refractivity contribution in [2.75, 3.05) is 43.1 Å². The molecule has 4 N–H and O–H groups in total. The topological polar surface area (TPSA) is 95.7 Å². The number of nitrogens with zero attached hydrogens (tertiary/aromatic N) is 1. The van der Waals surface area contributed by atoms with Crippen LogP contribution in [0.15, 0.2) is 24.3 Å². The number of aliphatic hydroxyl groups is 1. The zero-order chi connectivity index (χ0) is 13.6. The zero-order valence-electron chi connectivity index (χ0n) is 10.3. The SMILES string of the molecule is CS(=O)(=O)NCCN(CCO)c1ccc(N)cc1. The molecule has 102 valence electrons. The van der Waals surface area contributed by atoms with E-state index in [1.807, 2.05) is 17.0 Å². The molecule has 0 aliphatic rings. The lowest BCUT2D eigenvalue weighted by molar-refractivity contribution is 0.302. The number of sulfonamides is 1. The van der Waals surface area contributed by atoms with Gasteiger partial charge in [0.15, 0.2) is 0 Å². The van der Waals surface area contributed by atoms with Crippen LogP contribution in [0, 0.1) is 0 Å². The van der Waals surface area contributed by atoms with E-state index in [1.165, 1.54) is 0 Å². The standard InChI is InChI=1S/C11H19N3O3S/c1-18(16,17)13-6-7-14(8-9-15)11-4-2-10(12)3-5-11/h2-5,13,15H,6-9,12H2,1H3. The molecule has 0 radical (unpaired) electrons. The molecule has 1 rings (SSSR count). The van der Waals surface area contributed by atoms with Gasteiger partial charge in [-0.2, -0.15) is 0 Å². The van der Waals surface area contributed by atoms with Crippen molar-refractivity contribution in [3.63, 3.8) is 0 Å². The monoisotopic (exact) mass is 273 g/mol. The summed E-state index contributed by atoms with van der Waals surface area (Å²) in [5.41, 5.74) is 7.16. The van der Waals surface area contributed by atoms with Crippen molar-refractivity contribution in [2.45, 2.75) is 0 Å². The van der Waals surface area contributed by atoms with Crippen molar-refractivity contribution < 1.29 is 13.5 Å². The van der Waals surface area contributed by atoms with E-state index in [0.717, 1.165) is 11.9 Å². The molecule has 0 saturated heterocycles. The van der Waals surface area contributed by atoms with Gasteiger partial charge in [-0.1, -0.05) is 0 Å². The Morgan fingerprint density at radius 1 is 1.28 bits per heavy atom. The summed E-state index contributed by atoms with van der Waals surface area (Å²) in [7, 11) is -3.18. The van der Waals surface area contributed by atoms with Gasteiger partial charge in [0.2, 0.25) is 10.0 Å². The first kappa shape index (κ1) is 14.7. The number of hydrogen-bond donors (Lipinski definition) is 3. The molecule has 0 saturated carbocycles. The minimum Gasteiger partial charge on any atom is -0.399 e. The van der Waals surface area contributed by atoms with Crippen LogP contribution in [0.2, 0.25) is 0 Å². The van der Waals surface area contributed by atoms with E-state index in [2.05, 4.69) is 4.72 Å². The summed E-state index contributed by atoms with van der Waals surface area (Å²) in [6, 6.07) is 7.21. The lowest BCUT2D eigenvalue weighted by atomic mass is 10.2. The fourth-order valence-electron chi connectivity index (χ4n) is 1.54. The molecule has 1 aromatic carbocycles. The lowest BCUT2D eigenvalue weighted by Crippen LogP contribution is -2.36. The quantitative estimate of drug-likeness (QED) is 0.588. The molecule has 1 aromatic rings. The second-order valence-electron chi connectivity index (χ2n) is 3.97. The summed E-state index contributed by atoms with van der Waals surface area (Å²) < 4.78 is 24.3. The van der Waals surface area contributed by atoms with Crippen LogP contribution in [0.3, 0.4) is 0 Å². The Morgan fingerprint density at radius 3 is 2.39 bits per heavy atom. The van der Waals surface area contributed by atoms with Crippen LogP contribution in [0.4, 0.5) is 11.4 Å². The Balaban J connectivity index is 2.62. The number of hydrogen-bond acceptors (Lipinski definition) is 5. The van der Waals surface area contributed by atoms with Gasteiger partial charge in [-0.15, -0.1) is 0 Å². The van der Waals surface area contributed by atoms with Gasteiger partial charge in [0.05, 0.1) is 12.9 Å². The van der Waals surface area contributed by atoms with E-state index >= 15 is 0 Å². The minimum absolute atomic E-state index is 0.00323. The molecule has 0 atom stereocenters. The number of rotatable bonds is 7. The van der Waals surface area contributed by atoms with E-state index in [-0.39, 0.29) is 6.61 Å². The van der Waals surface area contributed by atoms with E-state index in [0.29, 0.717) is 25.3 Å². The van der Waals surface area contributed by atoms with Gasteiger partial charge in [0, 0.05) is 31.0 Å². The first-order valence-electron chi connectivity index (χ1n) is 5.58. The fourth-order valence-corrected chi connectivity index (χ4v) is 2.00. The van der Waals surface area contributed by atoms with Gasteiger partial charge >= 0.3 is 0 Å². The van der Waals surface area contributed by atoms with Crippen LogP contribution in [-0.2, 0) is 10.0 Å². The number of nitrogens with one attached hydrogen (secondary N) is 1. The van der Waals surface area contributed by atoms with Crippen LogP contribution < -0.4 is 15.4 Å². The van der Waals surface area contributed by atoms with Crippen LogP contribution in [-0.4, -0.2) is 46.0 Å². The maximum absolute atomic E-state index is 11.0. The third kappa shape index (κ3) is 5.35. The first-order chi connectivity index (χ1) is 8.42. The summed E-state index contributed by atoms with van der Waals surface area (Å²) in [6.45, 7) is 1.22. The van der Waals surface area contributed by atoms with Gasteiger partial charge in [-0.3, -0.25) is 0 Å². The van der Waals surface area contributed by atoms with Crippen molar-refractivity contribution in [2.24, 2.45) is 0 Å². The van der Waals surface area contributed by atoms with E-state index in [1.54, 1.807) is 12.1 Å². The number of nitrogen functional groups attached to an aromatic ring is 1. The molecule has 0 aliphatic heterocycles. The normalized spacial score (nSPS) is 11.4. The third-order valence-electron chi connectivity index (χ3n) is 2.37. The van der Waals surface area contributed by atoms with Crippen LogP contribution in [0.1, 0.15) is 0 Å². The molecule has 0 fully saturated rings. The Hall–Kier alpha value is -1.31. The molecule has 0 bridgehead atoms. The number of nitrogens with two attached hydrogens (primary N) is 1. The maximum atomic E-state index is 11.0. The third-order valence-corrected chi connectivity index (χ3v) is 3.10. The van der Waals surface area contributed by atoms with Crippen molar-refractivity contribution in [3.8, 4) is 0 Å². The Bertz CT molecular complexity index is 459. The highest BCUT2D eigenvalue weighted by molar-refractivity contribution is 7.88. The van der Waals surface area contributed by atoms with Gasteiger partial charge in [0.25, 0.3) is 0 Å². The second-order valence-corrected chi connectivity index (χ2v) is 5.80. The summed E-state index contributed by atoms with van der Waals surface area (Å²) in [5.74, 6) is 0. The molecule has 0 heterocycles. The maximum Gasteiger partial charge on any atom is 0.208 e. The molecular formula is C11H19N3O3S. The zero-order valence-corrected chi connectivity index (χ0v) is 11.2. The summed E-state index contributed by atoms with van der Waals surface area (Å²) in [4.78, 5) is 1.89. The highest BCUT2D eigenvalue weighted by atomic mass is 32.2. The molecular weight excluding hydrogens is 254 g/mol. The van der Waals surface area contributed by atoms with Gasteiger partial charge < -0.3 is 15.7 Å². The largest absolute Gasteiger partial charge is 0.399 e. The van der Waals surface area contributed by atoms with Crippen LogP contribution in [0.5, 0.6) is 0 Å². The van der Waals surface area contributed by atoms with E-state index in [4.69, 9.17) is 10.8 Å². The molecule has 0 aliphatic carbocycles. The average Bonchev–Trinajstić information content (AvgIpc) is 2.27. The summed E-state index contributed by atoms with van der Waals surface area (Å²) in [5, 5.41) is 9.01. The van der Waals surface area contributed by atoms with Gasteiger partial charge in [0.1, 0.15) is 0 Å².